The SMILES string of the molecule is CCOC(=O)C(Cl)c1cccnc1C1CC1.CCOC(=O)C(O)c1cccnc1C1CC1.O=S(Cl)Cl. The third-order valence-corrected chi connectivity index (χ3v) is 5.65. The summed E-state index contributed by atoms with van der Waals surface area (Å²) in [6.45, 7) is 4.11. The molecular weight excluding hydrogens is 551 g/mol. The number of hydrogen-bond acceptors (Lipinski definition) is 8. The number of rotatable bonds is 8. The molecule has 0 spiro atoms. The van der Waals surface area contributed by atoms with E-state index in [2.05, 4.69) is 31.3 Å². The molecule has 2 aromatic heterocycles. The van der Waals surface area contributed by atoms with Crippen molar-refractivity contribution >= 4 is 54.1 Å². The summed E-state index contributed by atoms with van der Waals surface area (Å²) in [7, 11) is 7.36. The van der Waals surface area contributed by atoms with Crippen molar-refractivity contribution in [2.24, 2.45) is 0 Å². The van der Waals surface area contributed by atoms with Gasteiger partial charge in [-0.05, 0) is 51.7 Å². The lowest BCUT2D eigenvalue weighted by Crippen LogP contribution is -2.17. The Hall–Kier alpha value is -1.78. The molecule has 36 heavy (non-hydrogen) atoms. The normalized spacial score (nSPS) is 16.0. The van der Waals surface area contributed by atoms with E-state index < -0.39 is 26.7 Å². The van der Waals surface area contributed by atoms with E-state index in [1.165, 1.54) is 0 Å². The van der Waals surface area contributed by atoms with E-state index in [0.29, 0.717) is 24.0 Å². The van der Waals surface area contributed by atoms with Crippen LogP contribution in [0, 0.1) is 0 Å². The first-order valence-corrected chi connectivity index (χ1v) is 14.7. The minimum absolute atomic E-state index is 0.273. The number of halogens is 3. The Morgan fingerprint density at radius 1 is 0.944 bits per heavy atom. The van der Waals surface area contributed by atoms with Crippen LogP contribution in [0.4, 0.5) is 0 Å². The number of aromatic nitrogens is 2. The summed E-state index contributed by atoms with van der Waals surface area (Å²) in [5.74, 6) is -0.108. The fraction of sp³-hybridized carbons (Fsp3) is 0.500. The van der Waals surface area contributed by atoms with Gasteiger partial charge >= 0.3 is 11.9 Å². The van der Waals surface area contributed by atoms with Crippen molar-refractivity contribution in [1.29, 1.82) is 0 Å². The van der Waals surface area contributed by atoms with Crippen molar-refractivity contribution < 1.29 is 28.4 Å². The highest BCUT2D eigenvalue weighted by Crippen LogP contribution is 2.43. The molecule has 2 aromatic rings. The molecule has 2 saturated carbocycles. The first kappa shape index (κ1) is 30.4. The first-order chi connectivity index (χ1) is 17.2. The molecule has 4 rings (SSSR count). The van der Waals surface area contributed by atoms with Gasteiger partial charge in [-0.1, -0.05) is 12.1 Å². The number of ether oxygens (including phenoxy) is 2. The molecule has 8 nitrogen and oxygen atoms in total. The summed E-state index contributed by atoms with van der Waals surface area (Å²) in [6.07, 6.45) is 6.66. The van der Waals surface area contributed by atoms with Gasteiger partial charge in [-0.3, -0.25) is 14.8 Å². The van der Waals surface area contributed by atoms with Gasteiger partial charge in [0.15, 0.2) is 11.5 Å². The average Bonchev–Trinajstić information content (AvgIpc) is 3.77. The lowest BCUT2D eigenvalue weighted by molar-refractivity contribution is -0.153. The fourth-order valence-corrected chi connectivity index (χ4v) is 3.64. The van der Waals surface area contributed by atoms with Crippen LogP contribution in [-0.2, 0) is 28.3 Å². The quantitative estimate of drug-likeness (QED) is 0.251. The second kappa shape index (κ2) is 15.5. The van der Waals surface area contributed by atoms with Crippen LogP contribution in [0.15, 0.2) is 36.7 Å². The molecule has 0 bridgehead atoms. The van der Waals surface area contributed by atoms with E-state index >= 15 is 0 Å². The van der Waals surface area contributed by atoms with E-state index in [-0.39, 0.29) is 12.6 Å². The molecule has 0 aliphatic heterocycles. The van der Waals surface area contributed by atoms with Gasteiger partial charge in [-0.15, -0.1) is 11.6 Å². The zero-order valence-corrected chi connectivity index (χ0v) is 23.0. The van der Waals surface area contributed by atoms with Gasteiger partial charge in [-0.2, -0.15) is 0 Å². The van der Waals surface area contributed by atoms with Crippen molar-refractivity contribution in [3.63, 3.8) is 0 Å². The molecule has 198 valence electrons. The van der Waals surface area contributed by atoms with Gasteiger partial charge in [0.2, 0.25) is 9.23 Å². The number of carbonyl (C=O) groups excluding carboxylic acids is 2. The molecule has 2 aliphatic carbocycles. The van der Waals surface area contributed by atoms with Gasteiger partial charge in [0.1, 0.15) is 0 Å². The minimum Gasteiger partial charge on any atom is -0.465 e. The summed E-state index contributed by atoms with van der Waals surface area (Å²) in [5, 5.41) is 9.13. The number of carbonyl (C=O) groups is 2. The highest BCUT2D eigenvalue weighted by Gasteiger charge is 2.32. The average molecular weight is 580 g/mol. The van der Waals surface area contributed by atoms with Crippen molar-refractivity contribution in [3.05, 3.63) is 59.2 Å². The van der Waals surface area contributed by atoms with Crippen LogP contribution in [0.2, 0.25) is 0 Å². The minimum atomic E-state index is -1.67. The van der Waals surface area contributed by atoms with Crippen LogP contribution >= 0.6 is 33.0 Å². The predicted octanol–water partition coefficient (Wildman–Crippen LogP) is 5.40. The number of hydrogen-bond donors (Lipinski definition) is 1. The second-order valence-corrected chi connectivity index (χ2v) is 10.9. The number of aliphatic hydroxyl groups is 1. The maximum absolute atomic E-state index is 11.6. The Balaban J connectivity index is 0.000000221. The van der Waals surface area contributed by atoms with E-state index in [9.17, 15) is 14.7 Å². The summed E-state index contributed by atoms with van der Waals surface area (Å²) < 4.78 is 18.8. The molecule has 2 aliphatic rings. The van der Waals surface area contributed by atoms with Crippen LogP contribution in [0.1, 0.15) is 85.4 Å². The molecule has 2 fully saturated rings. The van der Waals surface area contributed by atoms with Crippen LogP contribution < -0.4 is 0 Å². The topological polar surface area (TPSA) is 116 Å². The molecule has 12 heteroatoms. The molecule has 2 heterocycles. The Morgan fingerprint density at radius 3 is 1.81 bits per heavy atom. The number of aliphatic hydroxyl groups excluding tert-OH is 1. The Bertz CT molecular complexity index is 957. The smallest absolute Gasteiger partial charge is 0.339 e. The van der Waals surface area contributed by atoms with Crippen LogP contribution in [0.3, 0.4) is 0 Å². The second-order valence-electron chi connectivity index (χ2n) is 7.96. The molecule has 2 atom stereocenters. The Morgan fingerprint density at radius 2 is 1.36 bits per heavy atom. The summed E-state index contributed by atoms with van der Waals surface area (Å²) >= 11 is 6.10. The summed E-state index contributed by atoms with van der Waals surface area (Å²) in [6, 6.07) is 7.12. The number of esters is 2. The number of alkyl halides is 1. The third kappa shape index (κ3) is 9.94. The molecule has 0 radical (unpaired) electrons. The zero-order chi connectivity index (χ0) is 26.7. The van der Waals surface area contributed by atoms with Crippen LogP contribution in [0.5, 0.6) is 0 Å². The number of pyridine rings is 2. The zero-order valence-electron chi connectivity index (χ0n) is 19.9. The maximum Gasteiger partial charge on any atom is 0.339 e. The van der Waals surface area contributed by atoms with Crippen molar-refractivity contribution in [2.75, 3.05) is 13.2 Å². The molecule has 1 N–H and O–H groups in total. The van der Waals surface area contributed by atoms with E-state index in [1.54, 1.807) is 44.4 Å². The van der Waals surface area contributed by atoms with Gasteiger partial charge in [0.05, 0.1) is 13.2 Å². The molecular formula is C24H29Cl3N2O6S. The fourth-order valence-electron chi connectivity index (χ4n) is 3.39. The van der Waals surface area contributed by atoms with Crippen molar-refractivity contribution in [2.45, 2.75) is 62.8 Å². The van der Waals surface area contributed by atoms with Gasteiger partial charge in [0, 0.05) is 68.1 Å². The maximum atomic E-state index is 11.6. The molecule has 2 unspecified atom stereocenters. The van der Waals surface area contributed by atoms with E-state index in [0.717, 1.165) is 42.6 Å². The van der Waals surface area contributed by atoms with Crippen molar-refractivity contribution in [3.8, 4) is 0 Å². The highest BCUT2D eigenvalue weighted by molar-refractivity contribution is 8.26. The van der Waals surface area contributed by atoms with Crippen LogP contribution in [0.25, 0.3) is 0 Å². The lowest BCUT2D eigenvalue weighted by atomic mass is 10.0. The third-order valence-electron chi connectivity index (χ3n) is 5.24. The van der Waals surface area contributed by atoms with Gasteiger partial charge < -0.3 is 14.6 Å². The van der Waals surface area contributed by atoms with Crippen LogP contribution in [-0.4, -0.2) is 44.4 Å². The standard InChI is InChI=1S/C12H14ClNO2.C12H15NO3.Cl2OS/c1-2-16-12(15)10(13)9-4-3-7-14-11(9)8-5-6-8;1-2-16-12(15)11(14)9-4-3-7-13-10(9)8-5-6-8;1-4(2)3/h3-4,7-8,10H,2,5-6H2,1H3;3-4,7-8,11,14H,2,5-6H2,1H3;. The number of nitrogens with zero attached hydrogens (tertiary/aromatic N) is 2. The van der Waals surface area contributed by atoms with E-state index in [1.807, 2.05) is 6.07 Å². The Labute approximate surface area is 227 Å². The first-order valence-electron chi connectivity index (χ1n) is 11.5. The monoisotopic (exact) mass is 578 g/mol. The van der Waals surface area contributed by atoms with E-state index in [4.69, 9.17) is 25.3 Å². The predicted molar refractivity (Wildman–Crippen MR) is 139 cm³/mol. The summed E-state index contributed by atoms with van der Waals surface area (Å²) in [4.78, 5) is 31.5. The molecule has 0 aromatic carbocycles. The Kier molecular flexibility index (Phi) is 13.1. The molecule has 0 amide bonds. The summed E-state index contributed by atoms with van der Waals surface area (Å²) in [5.41, 5.74) is 3.17. The lowest BCUT2D eigenvalue weighted by Gasteiger charge is -2.13. The highest BCUT2D eigenvalue weighted by atomic mass is 36.0. The largest absolute Gasteiger partial charge is 0.465 e. The molecule has 0 saturated heterocycles. The van der Waals surface area contributed by atoms with Crippen molar-refractivity contribution in [1.82, 2.24) is 9.97 Å². The van der Waals surface area contributed by atoms with Gasteiger partial charge in [0.25, 0.3) is 0 Å². The van der Waals surface area contributed by atoms with Gasteiger partial charge in [-0.25, -0.2) is 9.00 Å².